The molecule has 1 aliphatic rings. The Morgan fingerprint density at radius 3 is 2.82 bits per heavy atom. The summed E-state index contributed by atoms with van der Waals surface area (Å²) in [6.45, 7) is 1.89. The van der Waals surface area contributed by atoms with Crippen molar-refractivity contribution in [3.8, 4) is 5.75 Å². The molecule has 6 heteroatoms. The van der Waals surface area contributed by atoms with E-state index in [1.807, 2.05) is 49.4 Å². The number of ether oxygens (including phenoxy) is 1. The SMILES string of the molecule is CC(NC(=O)CC1Oc2cc(F)ccc2NC1=O)c1cccc2ccccc12. The number of benzene rings is 3. The lowest BCUT2D eigenvalue weighted by Gasteiger charge is -2.26. The molecule has 0 aliphatic carbocycles. The molecule has 2 N–H and O–H groups in total. The maximum atomic E-state index is 13.4. The quantitative estimate of drug-likeness (QED) is 0.722. The Bertz CT molecular complexity index is 1060. The van der Waals surface area contributed by atoms with Crippen molar-refractivity contribution >= 4 is 28.3 Å². The van der Waals surface area contributed by atoms with Gasteiger partial charge in [0.2, 0.25) is 5.91 Å². The monoisotopic (exact) mass is 378 g/mol. The zero-order valence-electron chi connectivity index (χ0n) is 15.2. The third-order valence-corrected chi connectivity index (χ3v) is 4.80. The van der Waals surface area contributed by atoms with E-state index < -0.39 is 17.8 Å². The molecule has 3 aromatic rings. The van der Waals surface area contributed by atoms with E-state index in [-0.39, 0.29) is 24.1 Å². The van der Waals surface area contributed by atoms with Crippen LogP contribution in [0.15, 0.2) is 60.7 Å². The third-order valence-electron chi connectivity index (χ3n) is 4.80. The third kappa shape index (κ3) is 3.53. The normalized spacial score (nSPS) is 16.6. The van der Waals surface area contributed by atoms with E-state index >= 15 is 0 Å². The van der Waals surface area contributed by atoms with Crippen LogP contribution in [0.5, 0.6) is 5.75 Å². The van der Waals surface area contributed by atoms with Crippen LogP contribution in [0.3, 0.4) is 0 Å². The molecule has 0 saturated carbocycles. The molecule has 4 rings (SSSR count). The molecule has 2 atom stereocenters. The fourth-order valence-electron chi connectivity index (χ4n) is 3.43. The van der Waals surface area contributed by atoms with Crippen LogP contribution < -0.4 is 15.4 Å². The van der Waals surface area contributed by atoms with Crippen LogP contribution in [0.1, 0.15) is 24.9 Å². The molecule has 0 radical (unpaired) electrons. The van der Waals surface area contributed by atoms with Crippen molar-refractivity contribution < 1.29 is 18.7 Å². The maximum Gasteiger partial charge on any atom is 0.266 e. The first-order valence-corrected chi connectivity index (χ1v) is 9.05. The minimum absolute atomic E-state index is 0.156. The molecule has 5 nitrogen and oxygen atoms in total. The maximum absolute atomic E-state index is 13.4. The van der Waals surface area contributed by atoms with Crippen LogP contribution in [-0.4, -0.2) is 17.9 Å². The summed E-state index contributed by atoms with van der Waals surface area (Å²) in [6, 6.07) is 17.5. The standard InChI is InChI=1S/C22H19FN2O3/c1-13(16-8-4-6-14-5-2-3-7-17(14)16)24-21(26)12-20-22(27)25-18-10-9-15(23)11-19(18)28-20/h2-11,13,20H,12H2,1H3,(H,24,26)(H,25,27). The predicted molar refractivity (Wildman–Crippen MR) is 105 cm³/mol. The van der Waals surface area contributed by atoms with Crippen LogP contribution in [-0.2, 0) is 9.59 Å². The zero-order valence-corrected chi connectivity index (χ0v) is 15.2. The number of carbonyl (C=O) groups excluding carboxylic acids is 2. The second-order valence-electron chi connectivity index (χ2n) is 6.80. The lowest BCUT2D eigenvalue weighted by Crippen LogP contribution is -2.41. The van der Waals surface area contributed by atoms with Crippen LogP contribution in [0.2, 0.25) is 0 Å². The molecule has 3 aromatic carbocycles. The smallest absolute Gasteiger partial charge is 0.266 e. The molecule has 0 spiro atoms. The number of hydrogen-bond donors (Lipinski definition) is 2. The van der Waals surface area contributed by atoms with Crippen LogP contribution in [0.25, 0.3) is 10.8 Å². The van der Waals surface area contributed by atoms with Gasteiger partial charge in [-0.1, -0.05) is 42.5 Å². The fourth-order valence-corrected chi connectivity index (χ4v) is 3.43. The summed E-state index contributed by atoms with van der Waals surface area (Å²) in [4.78, 5) is 24.7. The van der Waals surface area contributed by atoms with Gasteiger partial charge in [-0.2, -0.15) is 0 Å². The van der Waals surface area contributed by atoms with Crippen molar-refractivity contribution in [3.05, 3.63) is 72.0 Å². The van der Waals surface area contributed by atoms with Crippen molar-refractivity contribution in [1.82, 2.24) is 5.32 Å². The van der Waals surface area contributed by atoms with Gasteiger partial charge in [0.05, 0.1) is 18.2 Å². The van der Waals surface area contributed by atoms with E-state index in [2.05, 4.69) is 10.6 Å². The number of hydrogen-bond acceptors (Lipinski definition) is 3. The van der Waals surface area contributed by atoms with Gasteiger partial charge in [0.25, 0.3) is 5.91 Å². The molecule has 0 bridgehead atoms. The second kappa shape index (κ2) is 7.31. The lowest BCUT2D eigenvalue weighted by atomic mass is 9.99. The summed E-state index contributed by atoms with van der Waals surface area (Å²) in [6.07, 6.45) is -1.16. The van der Waals surface area contributed by atoms with E-state index in [4.69, 9.17) is 4.74 Å². The highest BCUT2D eigenvalue weighted by Gasteiger charge is 2.30. The second-order valence-corrected chi connectivity index (χ2v) is 6.80. The number of fused-ring (bicyclic) bond motifs is 2. The number of carbonyl (C=O) groups is 2. The molecule has 2 amide bonds. The first-order chi connectivity index (χ1) is 13.5. The molecular weight excluding hydrogens is 359 g/mol. The van der Waals surface area contributed by atoms with Gasteiger partial charge in [-0.3, -0.25) is 9.59 Å². The molecule has 1 heterocycles. The van der Waals surface area contributed by atoms with Gasteiger partial charge >= 0.3 is 0 Å². The number of halogens is 1. The Morgan fingerprint density at radius 1 is 1.18 bits per heavy atom. The summed E-state index contributed by atoms with van der Waals surface area (Å²) in [5.74, 6) is -0.991. The van der Waals surface area contributed by atoms with Crippen molar-refractivity contribution in [2.75, 3.05) is 5.32 Å². The van der Waals surface area contributed by atoms with E-state index in [0.29, 0.717) is 5.69 Å². The van der Waals surface area contributed by atoms with E-state index in [1.54, 1.807) is 0 Å². The Hall–Kier alpha value is -3.41. The molecule has 0 aromatic heterocycles. The Kier molecular flexibility index (Phi) is 4.69. The van der Waals surface area contributed by atoms with E-state index in [1.165, 1.54) is 18.2 Å². The van der Waals surface area contributed by atoms with Crippen LogP contribution in [0, 0.1) is 5.82 Å². The molecule has 142 valence electrons. The summed E-state index contributed by atoms with van der Waals surface area (Å²) >= 11 is 0. The van der Waals surface area contributed by atoms with Gasteiger partial charge in [-0.25, -0.2) is 4.39 Å². The number of nitrogens with one attached hydrogen (secondary N) is 2. The predicted octanol–water partition coefficient (Wildman–Crippen LogP) is 3.95. The molecule has 28 heavy (non-hydrogen) atoms. The van der Waals surface area contributed by atoms with Crippen molar-refractivity contribution in [2.24, 2.45) is 0 Å². The van der Waals surface area contributed by atoms with Crippen molar-refractivity contribution in [3.63, 3.8) is 0 Å². The van der Waals surface area contributed by atoms with Crippen LogP contribution in [0.4, 0.5) is 10.1 Å². The van der Waals surface area contributed by atoms with Gasteiger partial charge in [-0.15, -0.1) is 0 Å². The summed E-state index contributed by atoms with van der Waals surface area (Å²) in [7, 11) is 0. The van der Waals surface area contributed by atoms with Gasteiger partial charge in [0.15, 0.2) is 6.10 Å². The van der Waals surface area contributed by atoms with Gasteiger partial charge in [0, 0.05) is 6.07 Å². The largest absolute Gasteiger partial charge is 0.478 e. The fraction of sp³-hybridized carbons (Fsp3) is 0.182. The van der Waals surface area contributed by atoms with E-state index in [9.17, 15) is 14.0 Å². The Morgan fingerprint density at radius 2 is 1.96 bits per heavy atom. The Balaban J connectivity index is 1.46. The van der Waals surface area contributed by atoms with Crippen LogP contribution >= 0.6 is 0 Å². The van der Waals surface area contributed by atoms with Crippen molar-refractivity contribution in [2.45, 2.75) is 25.5 Å². The van der Waals surface area contributed by atoms with Gasteiger partial charge in [0.1, 0.15) is 11.6 Å². The average Bonchev–Trinajstić information content (AvgIpc) is 2.68. The lowest BCUT2D eigenvalue weighted by molar-refractivity contribution is -0.130. The first-order valence-electron chi connectivity index (χ1n) is 9.05. The van der Waals surface area contributed by atoms with E-state index in [0.717, 1.165) is 16.3 Å². The molecule has 2 unspecified atom stereocenters. The summed E-state index contributed by atoms with van der Waals surface area (Å²) in [5.41, 5.74) is 1.39. The average molecular weight is 378 g/mol. The highest BCUT2D eigenvalue weighted by atomic mass is 19.1. The van der Waals surface area contributed by atoms with Crippen molar-refractivity contribution in [1.29, 1.82) is 0 Å². The Labute approximate surface area is 161 Å². The summed E-state index contributed by atoms with van der Waals surface area (Å²) < 4.78 is 18.9. The minimum Gasteiger partial charge on any atom is -0.478 e. The topological polar surface area (TPSA) is 67.4 Å². The highest BCUT2D eigenvalue weighted by Crippen LogP contribution is 2.31. The number of anilines is 1. The molecular formula is C22H19FN2O3. The summed E-state index contributed by atoms with van der Waals surface area (Å²) in [5, 5.41) is 7.72. The first kappa shape index (κ1) is 18.0. The molecule has 0 saturated heterocycles. The highest BCUT2D eigenvalue weighted by molar-refractivity contribution is 6.00. The minimum atomic E-state index is -1.01. The van der Waals surface area contributed by atoms with Gasteiger partial charge < -0.3 is 15.4 Å². The molecule has 1 aliphatic heterocycles. The van der Waals surface area contributed by atoms with Gasteiger partial charge in [-0.05, 0) is 35.4 Å². The number of rotatable bonds is 4. The number of amides is 2. The molecule has 0 fully saturated rings. The zero-order chi connectivity index (χ0) is 19.7.